The molecule has 1 heterocycles. The average Bonchev–Trinajstić information content (AvgIpc) is 2.73. The predicted octanol–water partition coefficient (Wildman–Crippen LogP) is 3.95. The van der Waals surface area contributed by atoms with Crippen LogP contribution in [0, 0.1) is 0 Å². The lowest BCUT2D eigenvalue weighted by molar-refractivity contribution is -0.137. The highest BCUT2D eigenvalue weighted by molar-refractivity contribution is 7.89. The first-order valence-corrected chi connectivity index (χ1v) is 11.6. The van der Waals surface area contributed by atoms with Crippen LogP contribution >= 0.6 is 11.6 Å². The van der Waals surface area contributed by atoms with Gasteiger partial charge in [0, 0.05) is 32.7 Å². The molecule has 2 aromatic rings. The number of hydrogen-bond acceptors (Lipinski definition) is 5. The van der Waals surface area contributed by atoms with Crippen molar-refractivity contribution < 1.29 is 31.1 Å². The molecule has 6 nitrogen and oxygen atoms in total. The molecule has 1 aliphatic rings. The Morgan fingerprint density at radius 3 is 2.38 bits per heavy atom. The van der Waals surface area contributed by atoms with E-state index in [0.29, 0.717) is 43.6 Å². The van der Waals surface area contributed by atoms with E-state index < -0.39 is 31.7 Å². The molecule has 1 aliphatic heterocycles. The first-order valence-electron chi connectivity index (χ1n) is 9.82. The molecule has 174 valence electrons. The topological polar surface area (TPSA) is 66.9 Å². The van der Waals surface area contributed by atoms with Gasteiger partial charge in [-0.3, -0.25) is 9.69 Å². The van der Waals surface area contributed by atoms with E-state index in [0.717, 1.165) is 12.1 Å². The number of nitrogens with zero attached hydrogens (tertiary/aromatic N) is 2. The fraction of sp³-hybridized carbons (Fsp3) is 0.381. The van der Waals surface area contributed by atoms with Crippen LogP contribution in [0.1, 0.15) is 22.8 Å². The largest absolute Gasteiger partial charge is 0.491 e. The Hall–Kier alpha value is -2.14. The van der Waals surface area contributed by atoms with Crippen LogP contribution < -0.4 is 4.74 Å². The maximum absolute atomic E-state index is 13.1. The molecule has 11 heteroatoms. The minimum absolute atomic E-state index is 0.102. The molecule has 0 saturated carbocycles. The lowest BCUT2D eigenvalue weighted by atomic mass is 10.1. The lowest BCUT2D eigenvalue weighted by Crippen LogP contribution is -2.49. The number of para-hydroxylation sites is 1. The Balaban J connectivity index is 1.58. The number of benzene rings is 2. The zero-order valence-corrected chi connectivity index (χ0v) is 18.8. The monoisotopic (exact) mass is 490 g/mol. The summed E-state index contributed by atoms with van der Waals surface area (Å²) in [6.45, 7) is 3.35. The molecule has 1 fully saturated rings. The average molecular weight is 491 g/mol. The van der Waals surface area contributed by atoms with Gasteiger partial charge >= 0.3 is 6.18 Å². The van der Waals surface area contributed by atoms with Gasteiger partial charge < -0.3 is 4.74 Å². The summed E-state index contributed by atoms with van der Waals surface area (Å²) in [4.78, 5) is 13.2. The number of hydrogen-bond donors (Lipinski definition) is 0. The number of sulfonamides is 1. The van der Waals surface area contributed by atoms with Gasteiger partial charge in [-0.1, -0.05) is 23.7 Å². The highest BCUT2D eigenvalue weighted by atomic mass is 35.5. The number of Topliss-reactive ketones (excluding diaryl/α,β-unsaturated/α-hetero) is 1. The van der Waals surface area contributed by atoms with Crippen LogP contribution in [-0.2, 0) is 16.2 Å². The molecule has 0 unspecified atom stereocenters. The van der Waals surface area contributed by atoms with Gasteiger partial charge in [0.05, 0.1) is 21.0 Å². The van der Waals surface area contributed by atoms with Crippen molar-refractivity contribution in [3.05, 3.63) is 58.6 Å². The Kier molecular flexibility index (Phi) is 7.49. The summed E-state index contributed by atoms with van der Waals surface area (Å²) in [5.74, 6) is 0.389. The number of alkyl halides is 3. The van der Waals surface area contributed by atoms with Crippen LogP contribution in [0.5, 0.6) is 5.75 Å². The Labute approximate surface area is 189 Å². The van der Waals surface area contributed by atoms with Crippen LogP contribution in [0.3, 0.4) is 0 Å². The second-order valence-corrected chi connectivity index (χ2v) is 9.63. The van der Waals surface area contributed by atoms with E-state index in [4.69, 9.17) is 16.3 Å². The van der Waals surface area contributed by atoms with Gasteiger partial charge in [0.1, 0.15) is 12.4 Å². The fourth-order valence-corrected chi connectivity index (χ4v) is 5.07. The van der Waals surface area contributed by atoms with Crippen molar-refractivity contribution in [3.63, 3.8) is 0 Å². The molecule has 0 N–H and O–H groups in total. The first kappa shape index (κ1) is 24.5. The van der Waals surface area contributed by atoms with Crippen molar-refractivity contribution in [3.8, 4) is 5.75 Å². The van der Waals surface area contributed by atoms with Gasteiger partial charge in [-0.25, -0.2) is 8.42 Å². The predicted molar refractivity (Wildman–Crippen MR) is 114 cm³/mol. The third-order valence-corrected chi connectivity index (χ3v) is 7.37. The zero-order valence-electron chi connectivity index (χ0n) is 17.2. The molecular weight excluding hydrogens is 469 g/mol. The van der Waals surface area contributed by atoms with Gasteiger partial charge in [0.25, 0.3) is 0 Å². The molecule has 32 heavy (non-hydrogen) atoms. The zero-order chi connectivity index (χ0) is 23.5. The number of ketones is 1. The van der Waals surface area contributed by atoms with E-state index in [1.165, 1.54) is 11.2 Å². The number of piperazine rings is 1. The van der Waals surface area contributed by atoms with Crippen LogP contribution in [0.25, 0.3) is 0 Å². The van der Waals surface area contributed by atoms with Crippen molar-refractivity contribution in [1.82, 2.24) is 9.21 Å². The first-order chi connectivity index (χ1) is 15.0. The molecule has 0 radical (unpaired) electrons. The Morgan fingerprint density at radius 1 is 1.09 bits per heavy atom. The third kappa shape index (κ3) is 5.61. The molecule has 0 amide bonds. The quantitative estimate of drug-likeness (QED) is 0.550. The molecule has 0 aromatic heterocycles. The summed E-state index contributed by atoms with van der Waals surface area (Å²) in [7, 11) is -4.08. The van der Waals surface area contributed by atoms with E-state index in [9.17, 15) is 26.4 Å². The van der Waals surface area contributed by atoms with Gasteiger partial charge in [-0.2, -0.15) is 17.5 Å². The number of halogens is 4. The van der Waals surface area contributed by atoms with Crippen molar-refractivity contribution in [2.24, 2.45) is 0 Å². The molecule has 3 rings (SSSR count). The Bertz CT molecular complexity index is 1080. The summed E-state index contributed by atoms with van der Waals surface area (Å²) in [5.41, 5.74) is -0.688. The molecular formula is C21H22ClF3N2O4S. The summed E-state index contributed by atoms with van der Waals surface area (Å²) in [6, 6.07) is 9.52. The third-order valence-electron chi connectivity index (χ3n) is 5.14. The second-order valence-electron chi connectivity index (χ2n) is 7.29. The van der Waals surface area contributed by atoms with Crippen molar-refractivity contribution in [2.75, 3.05) is 39.3 Å². The number of carbonyl (C=O) groups is 1. The van der Waals surface area contributed by atoms with Crippen LogP contribution in [0.2, 0.25) is 5.02 Å². The van der Waals surface area contributed by atoms with Crippen LogP contribution in [0.15, 0.2) is 47.4 Å². The molecule has 0 bridgehead atoms. The van der Waals surface area contributed by atoms with E-state index >= 15 is 0 Å². The fourth-order valence-electron chi connectivity index (χ4n) is 3.39. The van der Waals surface area contributed by atoms with Crippen LogP contribution in [-0.4, -0.2) is 62.7 Å². The van der Waals surface area contributed by atoms with E-state index in [-0.39, 0.29) is 18.9 Å². The van der Waals surface area contributed by atoms with Gasteiger partial charge in [0.15, 0.2) is 5.78 Å². The van der Waals surface area contributed by atoms with E-state index in [1.807, 2.05) is 4.90 Å². The smallest absolute Gasteiger partial charge is 0.417 e. The maximum Gasteiger partial charge on any atom is 0.417 e. The number of ether oxygens (including phenoxy) is 1. The normalized spacial score (nSPS) is 16.2. The molecule has 1 saturated heterocycles. The SMILES string of the molecule is CC(=O)c1ccccc1OCCN1CCN(S(=O)(=O)c2ccc(Cl)c(C(F)(F)F)c2)CC1. The lowest BCUT2D eigenvalue weighted by Gasteiger charge is -2.34. The summed E-state index contributed by atoms with van der Waals surface area (Å²) in [5, 5.41) is -0.549. The van der Waals surface area contributed by atoms with Crippen LogP contribution in [0.4, 0.5) is 13.2 Å². The van der Waals surface area contributed by atoms with Gasteiger partial charge in [-0.05, 0) is 37.3 Å². The highest BCUT2D eigenvalue weighted by Crippen LogP contribution is 2.36. The maximum atomic E-state index is 13.1. The van der Waals surface area contributed by atoms with E-state index in [1.54, 1.807) is 24.3 Å². The molecule has 2 aromatic carbocycles. The second kappa shape index (κ2) is 9.78. The van der Waals surface area contributed by atoms with Crippen molar-refractivity contribution in [1.29, 1.82) is 0 Å². The van der Waals surface area contributed by atoms with Gasteiger partial charge in [0.2, 0.25) is 10.0 Å². The summed E-state index contributed by atoms with van der Waals surface area (Å²) in [6.07, 6.45) is -4.75. The highest BCUT2D eigenvalue weighted by Gasteiger charge is 2.36. The minimum atomic E-state index is -4.75. The molecule has 0 atom stereocenters. The van der Waals surface area contributed by atoms with Crippen molar-refractivity contribution in [2.45, 2.75) is 18.0 Å². The Morgan fingerprint density at radius 2 is 1.75 bits per heavy atom. The molecule has 0 spiro atoms. The van der Waals surface area contributed by atoms with Crippen molar-refractivity contribution >= 4 is 27.4 Å². The van der Waals surface area contributed by atoms with E-state index in [2.05, 4.69) is 0 Å². The number of rotatable bonds is 7. The molecule has 0 aliphatic carbocycles. The summed E-state index contributed by atoms with van der Waals surface area (Å²) >= 11 is 5.59. The number of carbonyl (C=O) groups excluding carboxylic acids is 1. The standard InChI is InChI=1S/C21H22ClF3N2O4S/c1-15(28)17-4-2-3-5-20(17)31-13-12-26-8-10-27(11-9-26)32(29,30)16-6-7-19(22)18(14-16)21(23,24)25/h2-7,14H,8-13H2,1H3. The minimum Gasteiger partial charge on any atom is -0.491 e. The summed E-state index contributed by atoms with van der Waals surface area (Å²) < 4.78 is 71.8. The van der Waals surface area contributed by atoms with Gasteiger partial charge in [-0.15, -0.1) is 0 Å².